The Morgan fingerprint density at radius 1 is 0.694 bits per heavy atom. The van der Waals surface area contributed by atoms with Gasteiger partial charge in [-0.05, 0) is 28.8 Å². The fourth-order valence-electron chi connectivity index (χ4n) is 5.09. The molecule has 4 aromatic rings. The molecule has 0 spiro atoms. The molecule has 184 valence electrons. The Morgan fingerprint density at radius 3 is 1.42 bits per heavy atom. The van der Waals surface area contributed by atoms with E-state index in [1.165, 1.54) is 14.2 Å². The molecule has 2 N–H and O–H groups in total. The third-order valence-electron chi connectivity index (χ3n) is 6.68. The Kier molecular flexibility index (Phi) is 7.96. The van der Waals surface area contributed by atoms with Gasteiger partial charge in [0.2, 0.25) is 5.79 Å². The van der Waals surface area contributed by atoms with Crippen LogP contribution in [0.25, 0.3) is 0 Å². The summed E-state index contributed by atoms with van der Waals surface area (Å²) in [6.45, 7) is -0.0936. The summed E-state index contributed by atoms with van der Waals surface area (Å²) in [6.07, 6.45) is -1.25. The van der Waals surface area contributed by atoms with Crippen LogP contribution in [0.1, 0.15) is 27.0 Å². The standard InChI is InChI=1S/C31H31NO4/c1-35-31(36-2,28(33)23-32-29(34)24-15-7-3-8-16-24)30(25-17-9-4-10-18-25,26-19-11-5-12-20-26)27-21-13-6-14-22-27/h3-22,28,33H,23H2,1-2H3,(H,32,34). The Morgan fingerprint density at radius 2 is 1.06 bits per heavy atom. The molecule has 0 aliphatic heterocycles. The summed E-state index contributed by atoms with van der Waals surface area (Å²) >= 11 is 0. The molecule has 1 atom stereocenters. The first kappa shape index (κ1) is 25.3. The molecule has 36 heavy (non-hydrogen) atoms. The number of aliphatic hydroxyl groups excluding tert-OH is 1. The van der Waals surface area contributed by atoms with Crippen molar-refractivity contribution in [2.24, 2.45) is 0 Å². The molecule has 5 heteroatoms. The number of hydrogen-bond donors (Lipinski definition) is 2. The van der Waals surface area contributed by atoms with E-state index in [9.17, 15) is 9.90 Å². The van der Waals surface area contributed by atoms with Crippen LogP contribution >= 0.6 is 0 Å². The molecule has 0 aliphatic carbocycles. The van der Waals surface area contributed by atoms with Crippen molar-refractivity contribution in [2.45, 2.75) is 17.3 Å². The summed E-state index contributed by atoms with van der Waals surface area (Å²) in [7, 11) is 3.05. The van der Waals surface area contributed by atoms with Gasteiger partial charge < -0.3 is 19.9 Å². The predicted octanol–water partition coefficient (Wildman–Crippen LogP) is 4.80. The molecule has 0 radical (unpaired) electrons. The van der Waals surface area contributed by atoms with E-state index in [4.69, 9.17) is 9.47 Å². The highest BCUT2D eigenvalue weighted by molar-refractivity contribution is 5.94. The lowest BCUT2D eigenvalue weighted by atomic mass is 9.62. The number of carbonyl (C=O) groups excluding carboxylic acids is 1. The second-order valence-electron chi connectivity index (χ2n) is 8.52. The molecule has 0 heterocycles. The SMILES string of the molecule is COC(OC)(C(O)CNC(=O)c1ccccc1)C(c1ccccc1)(c1ccccc1)c1ccccc1. The van der Waals surface area contributed by atoms with Crippen molar-refractivity contribution >= 4 is 5.91 Å². The van der Waals surface area contributed by atoms with Crippen LogP contribution in [0.4, 0.5) is 0 Å². The number of amides is 1. The summed E-state index contributed by atoms with van der Waals surface area (Å²) in [5.74, 6) is -1.90. The van der Waals surface area contributed by atoms with Crippen LogP contribution in [0, 0.1) is 0 Å². The van der Waals surface area contributed by atoms with Crippen molar-refractivity contribution in [3.05, 3.63) is 144 Å². The number of rotatable bonds is 10. The Bertz CT molecular complexity index is 1130. The number of hydrogen-bond acceptors (Lipinski definition) is 4. The maximum atomic E-state index is 12.8. The van der Waals surface area contributed by atoms with Gasteiger partial charge in [0.1, 0.15) is 11.5 Å². The molecule has 0 fully saturated rings. The van der Waals surface area contributed by atoms with Crippen LogP contribution in [0.3, 0.4) is 0 Å². The van der Waals surface area contributed by atoms with E-state index in [1.807, 2.05) is 97.1 Å². The highest BCUT2D eigenvalue weighted by Crippen LogP contribution is 2.50. The van der Waals surface area contributed by atoms with Crippen LogP contribution in [0.15, 0.2) is 121 Å². The summed E-state index contributed by atoms with van der Waals surface area (Å²) in [5, 5.41) is 14.7. The second-order valence-corrected chi connectivity index (χ2v) is 8.52. The minimum Gasteiger partial charge on any atom is -0.386 e. The van der Waals surface area contributed by atoms with Gasteiger partial charge >= 0.3 is 0 Å². The topological polar surface area (TPSA) is 67.8 Å². The number of aliphatic hydroxyl groups is 1. The molecule has 0 aromatic heterocycles. The predicted molar refractivity (Wildman–Crippen MR) is 141 cm³/mol. The number of benzene rings is 4. The monoisotopic (exact) mass is 481 g/mol. The lowest BCUT2D eigenvalue weighted by Crippen LogP contribution is -2.64. The van der Waals surface area contributed by atoms with Crippen LogP contribution in [0.2, 0.25) is 0 Å². The zero-order valence-electron chi connectivity index (χ0n) is 20.5. The zero-order valence-corrected chi connectivity index (χ0v) is 20.5. The highest BCUT2D eigenvalue weighted by atomic mass is 16.7. The quantitative estimate of drug-likeness (QED) is 0.252. The molecular weight excluding hydrogens is 450 g/mol. The van der Waals surface area contributed by atoms with E-state index in [0.717, 1.165) is 16.7 Å². The normalized spacial score (nSPS) is 12.6. The fourth-order valence-corrected chi connectivity index (χ4v) is 5.09. The molecule has 0 saturated heterocycles. The van der Waals surface area contributed by atoms with Crippen molar-refractivity contribution < 1.29 is 19.4 Å². The summed E-state index contributed by atoms with van der Waals surface area (Å²) in [6, 6.07) is 38.5. The molecule has 1 unspecified atom stereocenters. The number of ether oxygens (including phenoxy) is 2. The summed E-state index contributed by atoms with van der Waals surface area (Å²) in [5.41, 5.74) is 2.04. The minimum absolute atomic E-state index is 0.0936. The van der Waals surface area contributed by atoms with E-state index in [0.29, 0.717) is 5.56 Å². The molecule has 0 bridgehead atoms. The Labute approximate surface area is 212 Å². The minimum atomic E-state index is -1.61. The second kappa shape index (κ2) is 11.3. The maximum absolute atomic E-state index is 12.8. The lowest BCUT2D eigenvalue weighted by molar-refractivity contribution is -0.281. The van der Waals surface area contributed by atoms with Gasteiger partial charge in [0.25, 0.3) is 5.91 Å². The molecule has 0 saturated carbocycles. The van der Waals surface area contributed by atoms with Crippen LogP contribution < -0.4 is 5.32 Å². The molecule has 1 amide bonds. The first-order valence-electron chi connectivity index (χ1n) is 11.9. The molecule has 5 nitrogen and oxygen atoms in total. The number of methoxy groups -OCH3 is 2. The van der Waals surface area contributed by atoms with Crippen molar-refractivity contribution in [3.8, 4) is 0 Å². The van der Waals surface area contributed by atoms with Crippen LogP contribution in [-0.4, -0.2) is 43.7 Å². The van der Waals surface area contributed by atoms with Crippen LogP contribution in [-0.2, 0) is 14.9 Å². The van der Waals surface area contributed by atoms with E-state index in [-0.39, 0.29) is 12.5 Å². The van der Waals surface area contributed by atoms with Crippen molar-refractivity contribution in [1.29, 1.82) is 0 Å². The fraction of sp³-hybridized carbons (Fsp3) is 0.194. The number of nitrogens with one attached hydrogen (secondary N) is 1. The Hall–Kier alpha value is -3.77. The van der Waals surface area contributed by atoms with Gasteiger partial charge in [-0.3, -0.25) is 4.79 Å². The van der Waals surface area contributed by atoms with Crippen molar-refractivity contribution in [1.82, 2.24) is 5.32 Å². The average molecular weight is 482 g/mol. The molecular formula is C31H31NO4. The molecule has 4 aromatic carbocycles. The van der Waals surface area contributed by atoms with E-state index >= 15 is 0 Å². The van der Waals surface area contributed by atoms with Gasteiger partial charge in [0.05, 0.1) is 0 Å². The van der Waals surface area contributed by atoms with E-state index < -0.39 is 17.3 Å². The molecule has 4 rings (SSSR count). The molecule has 0 aliphatic rings. The first-order valence-corrected chi connectivity index (χ1v) is 11.9. The van der Waals surface area contributed by atoms with E-state index in [2.05, 4.69) is 5.32 Å². The Balaban J connectivity index is 1.90. The van der Waals surface area contributed by atoms with Gasteiger partial charge in [-0.15, -0.1) is 0 Å². The van der Waals surface area contributed by atoms with Gasteiger partial charge in [-0.25, -0.2) is 0 Å². The lowest BCUT2D eigenvalue weighted by Gasteiger charge is -2.51. The van der Waals surface area contributed by atoms with Gasteiger partial charge in [0.15, 0.2) is 0 Å². The van der Waals surface area contributed by atoms with Crippen molar-refractivity contribution in [2.75, 3.05) is 20.8 Å². The van der Waals surface area contributed by atoms with Gasteiger partial charge in [-0.1, -0.05) is 109 Å². The van der Waals surface area contributed by atoms with Crippen molar-refractivity contribution in [3.63, 3.8) is 0 Å². The highest BCUT2D eigenvalue weighted by Gasteiger charge is 2.60. The number of carbonyl (C=O) groups is 1. The zero-order chi connectivity index (χ0) is 25.4. The third kappa shape index (κ3) is 4.44. The summed E-state index contributed by atoms with van der Waals surface area (Å²) in [4.78, 5) is 12.8. The van der Waals surface area contributed by atoms with Gasteiger partial charge in [0, 0.05) is 26.3 Å². The smallest absolute Gasteiger partial charge is 0.251 e. The first-order chi connectivity index (χ1) is 17.6. The van der Waals surface area contributed by atoms with E-state index in [1.54, 1.807) is 24.3 Å². The van der Waals surface area contributed by atoms with Gasteiger partial charge in [-0.2, -0.15) is 0 Å². The van der Waals surface area contributed by atoms with Crippen LogP contribution in [0.5, 0.6) is 0 Å². The largest absolute Gasteiger partial charge is 0.386 e. The average Bonchev–Trinajstić information content (AvgIpc) is 2.96. The third-order valence-corrected chi connectivity index (χ3v) is 6.68. The summed E-state index contributed by atoms with van der Waals surface area (Å²) < 4.78 is 12.4. The maximum Gasteiger partial charge on any atom is 0.251 e.